The van der Waals surface area contributed by atoms with Crippen molar-refractivity contribution in [3.63, 3.8) is 0 Å². The van der Waals surface area contributed by atoms with E-state index >= 15 is 0 Å². The first kappa shape index (κ1) is 40.7. The molecule has 3 N–H and O–H groups in total. The fourth-order valence-electron chi connectivity index (χ4n) is 12.6. The zero-order valence-electron chi connectivity index (χ0n) is 34.1. The van der Waals surface area contributed by atoms with Crippen LogP contribution in [-0.2, 0) is 38.0 Å². The Morgan fingerprint density at radius 3 is 2.12 bits per heavy atom. The quantitative estimate of drug-likeness (QED) is 0.142. The molecular formula is C46H56O13. The predicted octanol–water partition coefficient (Wildman–Crippen LogP) is 4.90. The molecule has 0 aromatic heterocycles. The average molecular weight is 817 g/mol. The number of aliphatic hydroxyl groups is 3. The van der Waals surface area contributed by atoms with Crippen LogP contribution < -0.4 is 0 Å². The van der Waals surface area contributed by atoms with Gasteiger partial charge in [-0.15, -0.1) is 0 Å². The van der Waals surface area contributed by atoms with Crippen LogP contribution in [0.4, 0.5) is 0 Å². The molecule has 16 atom stereocenters. The van der Waals surface area contributed by atoms with Gasteiger partial charge >= 0.3 is 23.9 Å². The predicted molar refractivity (Wildman–Crippen MR) is 208 cm³/mol. The molecule has 9 rings (SSSR count). The van der Waals surface area contributed by atoms with Gasteiger partial charge in [0, 0.05) is 24.7 Å². The lowest BCUT2D eigenvalue weighted by atomic mass is 9.51. The second kappa shape index (κ2) is 14.5. The molecule has 0 radical (unpaired) electrons. The molecule has 7 aliphatic rings. The largest absolute Gasteiger partial charge is 0.463 e. The van der Waals surface area contributed by atoms with E-state index in [0.29, 0.717) is 17.6 Å². The summed E-state index contributed by atoms with van der Waals surface area (Å²) >= 11 is 0. The Bertz CT molecular complexity index is 1980. The van der Waals surface area contributed by atoms with E-state index in [1.807, 2.05) is 13.8 Å². The number of rotatable bonds is 8. The normalized spacial score (nSPS) is 45.4. The Morgan fingerprint density at radius 1 is 0.831 bits per heavy atom. The molecule has 2 aromatic rings. The molecule has 318 valence electrons. The molecule has 3 aliphatic carbocycles. The lowest BCUT2D eigenvalue weighted by Gasteiger charge is -2.62. The molecule has 2 spiro atoms. The summed E-state index contributed by atoms with van der Waals surface area (Å²) in [7, 11) is 0. The van der Waals surface area contributed by atoms with Crippen molar-refractivity contribution in [3.8, 4) is 0 Å². The first-order valence-electron chi connectivity index (χ1n) is 21.3. The Hall–Kier alpha value is -3.69. The van der Waals surface area contributed by atoms with Crippen molar-refractivity contribution in [1.29, 1.82) is 0 Å². The van der Waals surface area contributed by atoms with Crippen LogP contribution in [0.5, 0.6) is 0 Å². The highest BCUT2D eigenvalue weighted by atomic mass is 16.9. The fourth-order valence-corrected chi connectivity index (χ4v) is 12.6. The number of carbonyl (C=O) groups is 3. The first-order valence-corrected chi connectivity index (χ1v) is 21.3. The van der Waals surface area contributed by atoms with Gasteiger partial charge in [-0.2, -0.15) is 0 Å². The summed E-state index contributed by atoms with van der Waals surface area (Å²) in [5, 5.41) is 39.4. The maximum Gasteiger partial charge on any atom is 0.338 e. The number of hydrogen-bond acceptors (Lipinski definition) is 13. The van der Waals surface area contributed by atoms with E-state index in [1.165, 1.54) is 6.92 Å². The summed E-state index contributed by atoms with van der Waals surface area (Å²) < 4.78 is 46.4. The molecule has 4 aliphatic heterocycles. The second-order valence-electron chi connectivity index (χ2n) is 18.4. The summed E-state index contributed by atoms with van der Waals surface area (Å²) in [4.78, 5) is 40.4. The van der Waals surface area contributed by atoms with Gasteiger partial charge in [0.1, 0.15) is 48.3 Å². The molecule has 2 aromatic carbocycles. The summed E-state index contributed by atoms with van der Waals surface area (Å²) in [5.74, 6) is -7.79. The molecule has 13 nitrogen and oxygen atoms in total. The number of epoxide rings is 1. The minimum atomic E-state index is -2.32. The molecule has 3 saturated carbocycles. The maximum atomic E-state index is 14.1. The SMILES string of the molecule is C=C(C)[C@]12C[C@@H](COC(=O)c3ccccc3)[C@@]34OC5(O[C@@H]1[C@@H]3[C@@H]1O[C@]1(COC(C)=O)[C@@H](O)[C@@]1(O)[C@H]4[C@H]([C@H](C)[C@@H]1OC(=O)c1ccccc1)[C@H](C)CCCCCC[C@H]5O)O2. The zero-order chi connectivity index (χ0) is 41.7. The summed E-state index contributed by atoms with van der Waals surface area (Å²) in [6.45, 7) is 10.9. The first-order chi connectivity index (χ1) is 28.2. The van der Waals surface area contributed by atoms with Gasteiger partial charge in [-0.25, -0.2) is 9.59 Å². The minimum absolute atomic E-state index is 0.115. The van der Waals surface area contributed by atoms with Crippen LogP contribution in [0.1, 0.15) is 93.4 Å². The molecule has 59 heavy (non-hydrogen) atoms. The molecule has 4 heterocycles. The Kier molecular flexibility index (Phi) is 9.98. The van der Waals surface area contributed by atoms with Gasteiger partial charge in [-0.05, 0) is 67.4 Å². The van der Waals surface area contributed by atoms with Gasteiger partial charge in [-0.1, -0.05) is 88.9 Å². The second-order valence-corrected chi connectivity index (χ2v) is 18.4. The third kappa shape index (κ3) is 5.86. The maximum absolute atomic E-state index is 14.1. The molecule has 3 bridgehead atoms. The summed E-state index contributed by atoms with van der Waals surface area (Å²) in [6, 6.07) is 17.1. The van der Waals surface area contributed by atoms with E-state index in [2.05, 4.69) is 13.5 Å². The Balaban J connectivity index is 1.29. The molecule has 0 amide bonds. The smallest absolute Gasteiger partial charge is 0.338 e. The van der Waals surface area contributed by atoms with E-state index in [-0.39, 0.29) is 30.9 Å². The van der Waals surface area contributed by atoms with Crippen molar-refractivity contribution in [2.75, 3.05) is 13.2 Å². The number of benzene rings is 2. The highest BCUT2D eigenvalue weighted by molar-refractivity contribution is 5.90. The monoisotopic (exact) mass is 816 g/mol. The topological polar surface area (TPSA) is 180 Å². The van der Waals surface area contributed by atoms with Gasteiger partial charge in [0.15, 0.2) is 5.60 Å². The van der Waals surface area contributed by atoms with Crippen molar-refractivity contribution in [3.05, 3.63) is 83.9 Å². The van der Waals surface area contributed by atoms with Crippen LogP contribution in [0.3, 0.4) is 0 Å². The minimum Gasteiger partial charge on any atom is -0.463 e. The molecular weight excluding hydrogens is 760 g/mol. The lowest BCUT2D eigenvalue weighted by molar-refractivity contribution is -0.459. The van der Waals surface area contributed by atoms with E-state index in [0.717, 1.165) is 25.7 Å². The van der Waals surface area contributed by atoms with Crippen LogP contribution in [-0.4, -0.2) is 105 Å². The van der Waals surface area contributed by atoms with Gasteiger partial charge in [0.25, 0.3) is 0 Å². The van der Waals surface area contributed by atoms with E-state index < -0.39 is 113 Å². The van der Waals surface area contributed by atoms with Crippen molar-refractivity contribution in [2.24, 2.45) is 35.5 Å². The van der Waals surface area contributed by atoms with Crippen LogP contribution >= 0.6 is 0 Å². The van der Waals surface area contributed by atoms with Crippen molar-refractivity contribution < 1.29 is 62.9 Å². The number of fused-ring (bicyclic) bond motifs is 1. The number of hydrogen-bond donors (Lipinski definition) is 3. The summed E-state index contributed by atoms with van der Waals surface area (Å²) in [6.07, 6.45) is -1.80. The standard InChI is InChI=1S/C46H56O13/c1-25(2)42-22-31(23-53-39(49)29-17-11-8-12-18-29)45-34-37(42)57-46(58-42,59-45)32(48)21-15-7-6-10-16-26(3)33-27(4)36(55-40(50)30-19-13-9-14-20-30)44(52,35(33)45)41(51)43(38(34)56-43)24-54-28(5)47/h8-9,11-14,17-20,26-27,31-38,41,48,51-52H,1,6-7,10,15-16,21-24H2,2-5H3/t26-,27+,31+,32-,33+,34-,35-,36+,37-,38+,41-,42-,43+,44-,45-,46?/m1/s1. The average Bonchev–Trinajstić information content (AvgIpc) is 3.85. The molecule has 7 fully saturated rings. The number of aliphatic hydroxyl groups excluding tert-OH is 2. The van der Waals surface area contributed by atoms with Crippen LogP contribution in [0.25, 0.3) is 0 Å². The van der Waals surface area contributed by atoms with Gasteiger partial charge in [0.2, 0.25) is 0 Å². The van der Waals surface area contributed by atoms with Gasteiger partial charge < -0.3 is 48.5 Å². The molecule has 13 heteroatoms. The van der Waals surface area contributed by atoms with Crippen molar-refractivity contribution in [2.45, 2.75) is 132 Å². The van der Waals surface area contributed by atoms with E-state index in [4.69, 9.17) is 33.2 Å². The number of esters is 3. The molecule has 1 unspecified atom stereocenters. The highest BCUT2D eigenvalue weighted by Gasteiger charge is 2.91. The van der Waals surface area contributed by atoms with Crippen molar-refractivity contribution in [1.82, 2.24) is 0 Å². The highest BCUT2D eigenvalue weighted by Crippen LogP contribution is 2.76. The van der Waals surface area contributed by atoms with Gasteiger partial charge in [0.05, 0.1) is 23.3 Å². The van der Waals surface area contributed by atoms with Gasteiger partial charge in [-0.3, -0.25) is 4.79 Å². The van der Waals surface area contributed by atoms with E-state index in [9.17, 15) is 29.7 Å². The van der Waals surface area contributed by atoms with Crippen LogP contribution in [0.2, 0.25) is 0 Å². The van der Waals surface area contributed by atoms with E-state index in [1.54, 1.807) is 60.7 Å². The third-order valence-electron chi connectivity index (χ3n) is 15.2. The fraction of sp³-hybridized carbons (Fsp3) is 0.630. The Morgan fingerprint density at radius 2 is 1.47 bits per heavy atom. The molecule has 4 saturated heterocycles. The number of ether oxygens (including phenoxy) is 7. The summed E-state index contributed by atoms with van der Waals surface area (Å²) in [5.41, 5.74) is -5.76. The zero-order valence-corrected chi connectivity index (χ0v) is 34.1. The van der Waals surface area contributed by atoms with Crippen LogP contribution in [0, 0.1) is 35.5 Å². The lowest BCUT2D eigenvalue weighted by Crippen LogP contribution is -2.75. The third-order valence-corrected chi connectivity index (χ3v) is 15.2. The number of carbonyl (C=O) groups excluding carboxylic acids is 3. The Labute approximate surface area is 344 Å². The van der Waals surface area contributed by atoms with Crippen molar-refractivity contribution >= 4 is 17.9 Å². The van der Waals surface area contributed by atoms with Crippen LogP contribution in [0.15, 0.2) is 72.8 Å².